The van der Waals surface area contributed by atoms with Crippen LogP contribution in [0.15, 0.2) is 23.9 Å². The number of aliphatic hydroxyl groups excluding tert-OH is 1. The summed E-state index contributed by atoms with van der Waals surface area (Å²) in [6.07, 6.45) is 13.2. The van der Waals surface area contributed by atoms with Crippen LogP contribution in [0.4, 0.5) is 0 Å². The molecule has 2 N–H and O–H groups in total. The number of aliphatic hydroxyl groups is 1. The minimum Gasteiger partial charge on any atom is -0.389 e. The number of ketones is 2. The Balaban J connectivity index is 1.76. The fourth-order valence-electron chi connectivity index (χ4n) is 3.35. The Morgan fingerprint density at radius 3 is 2.34 bits per heavy atom. The first-order chi connectivity index (χ1) is 13.9. The molecule has 0 unspecified atom stereocenters. The van der Waals surface area contributed by atoms with Gasteiger partial charge in [0, 0.05) is 13.1 Å². The molecule has 1 aliphatic rings. The average molecular weight is 400 g/mol. The zero-order valence-electron chi connectivity index (χ0n) is 17.8. The summed E-state index contributed by atoms with van der Waals surface area (Å²) in [6, 6.07) is 1.55. The van der Waals surface area contributed by atoms with E-state index in [-0.39, 0.29) is 28.5 Å². The molecule has 0 spiro atoms. The maximum Gasteiger partial charge on any atom is 0.229 e. The summed E-state index contributed by atoms with van der Waals surface area (Å²) in [7, 11) is 1.58. The molecule has 0 aromatic carbocycles. The van der Waals surface area contributed by atoms with Crippen molar-refractivity contribution in [3.63, 3.8) is 0 Å². The van der Waals surface area contributed by atoms with Crippen molar-refractivity contribution in [2.45, 2.75) is 71.3 Å². The van der Waals surface area contributed by atoms with Crippen molar-refractivity contribution >= 4 is 17.6 Å². The minimum atomic E-state index is -0.554. The van der Waals surface area contributed by atoms with Gasteiger partial charge in [0.05, 0.1) is 23.1 Å². The van der Waals surface area contributed by atoms with Gasteiger partial charge in [-0.3, -0.25) is 9.59 Å². The van der Waals surface area contributed by atoms with Crippen LogP contribution in [-0.4, -0.2) is 40.0 Å². The number of nitrogens with one attached hydrogen (secondary N) is 1. The van der Waals surface area contributed by atoms with Crippen LogP contribution in [0.1, 0.15) is 91.8 Å². The highest BCUT2D eigenvalue weighted by Gasteiger charge is 2.27. The van der Waals surface area contributed by atoms with Gasteiger partial charge in [0.25, 0.3) is 0 Å². The van der Waals surface area contributed by atoms with Gasteiger partial charge in [0.2, 0.25) is 5.78 Å². The van der Waals surface area contributed by atoms with Gasteiger partial charge in [-0.15, -0.1) is 5.10 Å². The summed E-state index contributed by atoms with van der Waals surface area (Å²) >= 11 is 0. The van der Waals surface area contributed by atoms with Gasteiger partial charge in [0.1, 0.15) is 5.69 Å². The van der Waals surface area contributed by atoms with Crippen molar-refractivity contribution in [2.24, 2.45) is 5.92 Å². The Kier molecular flexibility index (Phi) is 9.19. The first kappa shape index (κ1) is 22.9. The molecule has 1 aromatic heterocycles. The summed E-state index contributed by atoms with van der Waals surface area (Å²) in [5.74, 6) is 0.175. The number of aromatic nitrogens is 2. The second-order valence-corrected chi connectivity index (χ2v) is 8.05. The summed E-state index contributed by atoms with van der Waals surface area (Å²) < 4.78 is 0. The van der Waals surface area contributed by atoms with Crippen LogP contribution < -0.4 is 5.32 Å². The summed E-state index contributed by atoms with van der Waals surface area (Å²) in [4.78, 5) is 24.4. The van der Waals surface area contributed by atoms with E-state index in [1.54, 1.807) is 25.3 Å². The van der Waals surface area contributed by atoms with E-state index in [0.717, 1.165) is 18.8 Å². The lowest BCUT2D eigenvalue weighted by Gasteiger charge is -2.13. The number of fused-ring (bicyclic) bond motifs is 1. The average Bonchev–Trinajstić information content (AvgIpc) is 2.70. The van der Waals surface area contributed by atoms with Crippen LogP contribution in [0.3, 0.4) is 0 Å². The Morgan fingerprint density at radius 1 is 1.03 bits per heavy atom. The Labute approximate surface area is 173 Å². The predicted molar refractivity (Wildman–Crippen MR) is 115 cm³/mol. The molecule has 29 heavy (non-hydrogen) atoms. The molecule has 6 heteroatoms. The number of carbonyl (C=O) groups is 2. The molecular formula is C23H33N3O3. The standard InChI is InChI=1S/C23H33N3O3/c1-16(2)10-8-6-4-5-7-9-11-18(27)13-12-17-14-19-21(28)15-20(24-3)23(29)22(19)26-25-17/h12-16,18,24,27H,4-11H2,1-3H3/b13-12-/t18-/m1/s1. The third-order valence-electron chi connectivity index (χ3n) is 5.10. The van der Waals surface area contributed by atoms with Crippen molar-refractivity contribution in [2.75, 3.05) is 7.05 Å². The number of hydrogen-bond acceptors (Lipinski definition) is 6. The van der Waals surface area contributed by atoms with E-state index in [9.17, 15) is 14.7 Å². The first-order valence-corrected chi connectivity index (χ1v) is 10.6. The highest BCUT2D eigenvalue weighted by molar-refractivity contribution is 6.23. The molecule has 1 atom stereocenters. The van der Waals surface area contributed by atoms with Gasteiger partial charge in [-0.05, 0) is 24.5 Å². The fourth-order valence-corrected chi connectivity index (χ4v) is 3.35. The van der Waals surface area contributed by atoms with Gasteiger partial charge >= 0.3 is 0 Å². The van der Waals surface area contributed by atoms with Crippen LogP contribution in [0.25, 0.3) is 6.08 Å². The highest BCUT2D eigenvalue weighted by Crippen LogP contribution is 2.19. The molecule has 6 nitrogen and oxygen atoms in total. The molecule has 158 valence electrons. The largest absolute Gasteiger partial charge is 0.389 e. The van der Waals surface area contributed by atoms with Crippen LogP contribution >= 0.6 is 0 Å². The van der Waals surface area contributed by atoms with Crippen LogP contribution in [0.2, 0.25) is 0 Å². The van der Waals surface area contributed by atoms with Gasteiger partial charge < -0.3 is 10.4 Å². The predicted octanol–water partition coefficient (Wildman–Crippen LogP) is 4.11. The Morgan fingerprint density at radius 2 is 1.69 bits per heavy atom. The van der Waals surface area contributed by atoms with E-state index >= 15 is 0 Å². The zero-order valence-corrected chi connectivity index (χ0v) is 17.8. The molecule has 1 aliphatic carbocycles. The third-order valence-corrected chi connectivity index (χ3v) is 5.10. The van der Waals surface area contributed by atoms with Gasteiger partial charge in [-0.25, -0.2) is 0 Å². The van der Waals surface area contributed by atoms with Crippen molar-refractivity contribution < 1.29 is 14.7 Å². The molecule has 0 radical (unpaired) electrons. The van der Waals surface area contributed by atoms with E-state index in [2.05, 4.69) is 29.4 Å². The van der Waals surface area contributed by atoms with E-state index in [4.69, 9.17) is 0 Å². The van der Waals surface area contributed by atoms with Crippen molar-refractivity contribution in [1.82, 2.24) is 15.5 Å². The SMILES string of the molecule is CNC1=CC(=O)c2cc(/C=C\[C@H](O)CCCCCCCCC(C)C)nnc2C1=O. The van der Waals surface area contributed by atoms with E-state index in [1.807, 2.05) is 0 Å². The molecule has 0 fully saturated rings. The minimum absolute atomic E-state index is 0.0629. The van der Waals surface area contributed by atoms with Crippen LogP contribution in [-0.2, 0) is 0 Å². The van der Waals surface area contributed by atoms with Crippen molar-refractivity contribution in [3.05, 3.63) is 40.9 Å². The zero-order chi connectivity index (χ0) is 21.2. The number of unbranched alkanes of at least 4 members (excludes halogenated alkanes) is 5. The molecule has 2 rings (SSSR count). The van der Waals surface area contributed by atoms with Crippen LogP contribution in [0, 0.1) is 5.92 Å². The van der Waals surface area contributed by atoms with Gasteiger partial charge in [-0.1, -0.05) is 64.9 Å². The van der Waals surface area contributed by atoms with Gasteiger partial charge in [0.15, 0.2) is 5.78 Å². The van der Waals surface area contributed by atoms with E-state index in [1.165, 1.54) is 38.2 Å². The lowest BCUT2D eigenvalue weighted by Crippen LogP contribution is -2.26. The quantitative estimate of drug-likeness (QED) is 0.514. The number of carbonyl (C=O) groups excluding carboxylic acids is 2. The highest BCUT2D eigenvalue weighted by atomic mass is 16.3. The van der Waals surface area contributed by atoms with Gasteiger partial charge in [-0.2, -0.15) is 5.10 Å². The number of nitrogens with zero attached hydrogens (tertiary/aromatic N) is 2. The van der Waals surface area contributed by atoms with E-state index < -0.39 is 6.10 Å². The monoisotopic (exact) mass is 399 g/mol. The topological polar surface area (TPSA) is 92.2 Å². The maximum absolute atomic E-state index is 12.2. The lowest BCUT2D eigenvalue weighted by molar-refractivity contribution is 0.0974. The van der Waals surface area contributed by atoms with E-state index in [0.29, 0.717) is 12.1 Å². The second kappa shape index (κ2) is 11.6. The molecule has 1 aromatic rings. The molecule has 0 aliphatic heterocycles. The second-order valence-electron chi connectivity index (χ2n) is 8.05. The Bertz CT molecular complexity index is 769. The smallest absolute Gasteiger partial charge is 0.229 e. The lowest BCUT2D eigenvalue weighted by atomic mass is 9.97. The van der Waals surface area contributed by atoms with Crippen molar-refractivity contribution in [3.8, 4) is 0 Å². The maximum atomic E-state index is 12.2. The third kappa shape index (κ3) is 7.20. The first-order valence-electron chi connectivity index (χ1n) is 10.6. The molecular weight excluding hydrogens is 366 g/mol. The summed E-state index contributed by atoms with van der Waals surface area (Å²) in [5, 5.41) is 20.7. The number of likely N-dealkylation sites (N-methyl/N-ethyl adjacent to an activating group) is 1. The van der Waals surface area contributed by atoms with Crippen LogP contribution in [0.5, 0.6) is 0 Å². The number of rotatable bonds is 12. The molecule has 0 amide bonds. The summed E-state index contributed by atoms with van der Waals surface area (Å²) in [5.41, 5.74) is 0.981. The number of Topliss-reactive ketones (excluding diaryl/α,β-unsaturated/α-hetero) is 1. The number of allylic oxidation sites excluding steroid dienone is 2. The number of hydrogen-bond donors (Lipinski definition) is 2. The van der Waals surface area contributed by atoms with Crippen molar-refractivity contribution in [1.29, 1.82) is 0 Å². The fraction of sp³-hybridized carbons (Fsp3) is 0.565. The molecule has 0 saturated carbocycles. The molecule has 0 saturated heterocycles. The Hall–Kier alpha value is -2.34. The normalized spacial score (nSPS) is 15.0. The molecule has 1 heterocycles. The molecule has 0 bridgehead atoms. The summed E-state index contributed by atoms with van der Waals surface area (Å²) in [6.45, 7) is 4.53.